The number of hydrogen-bond donors (Lipinski definition) is 2. The fourth-order valence-electron chi connectivity index (χ4n) is 2.18. The van der Waals surface area contributed by atoms with Crippen LogP contribution in [0.3, 0.4) is 0 Å². The molecule has 1 aromatic carbocycles. The van der Waals surface area contributed by atoms with Gasteiger partial charge in [0.1, 0.15) is 10.8 Å². The predicted molar refractivity (Wildman–Crippen MR) is 90.2 cm³/mol. The summed E-state index contributed by atoms with van der Waals surface area (Å²) in [5, 5.41) is 4.52. The van der Waals surface area contributed by atoms with Gasteiger partial charge in [-0.05, 0) is 31.9 Å². The molecular formula is C16H21N3S. The van der Waals surface area contributed by atoms with Gasteiger partial charge in [-0.1, -0.05) is 44.3 Å². The number of benzene rings is 1. The molecule has 0 aliphatic rings. The van der Waals surface area contributed by atoms with E-state index in [1.165, 1.54) is 0 Å². The van der Waals surface area contributed by atoms with Crippen LogP contribution < -0.4 is 11.1 Å². The van der Waals surface area contributed by atoms with Crippen molar-refractivity contribution in [2.45, 2.75) is 39.2 Å². The van der Waals surface area contributed by atoms with Crippen LogP contribution in [0.15, 0.2) is 30.3 Å². The van der Waals surface area contributed by atoms with Crippen molar-refractivity contribution in [1.29, 1.82) is 0 Å². The molecule has 1 aromatic heterocycles. The Hall–Kier alpha value is -1.68. The molecule has 0 saturated heterocycles. The lowest BCUT2D eigenvalue weighted by atomic mass is 9.95. The van der Waals surface area contributed by atoms with Crippen molar-refractivity contribution in [2.75, 3.05) is 5.32 Å². The van der Waals surface area contributed by atoms with Gasteiger partial charge < -0.3 is 11.1 Å². The Morgan fingerprint density at radius 2 is 1.95 bits per heavy atom. The summed E-state index contributed by atoms with van der Waals surface area (Å²) in [6, 6.07) is 9.88. The average molecular weight is 287 g/mol. The van der Waals surface area contributed by atoms with Crippen molar-refractivity contribution in [2.24, 2.45) is 5.73 Å². The minimum Gasteiger partial charge on any atom is -0.389 e. The fourth-order valence-corrected chi connectivity index (χ4v) is 2.35. The molecule has 0 fully saturated rings. The molecule has 0 aliphatic carbocycles. The van der Waals surface area contributed by atoms with Gasteiger partial charge in [-0.25, -0.2) is 4.98 Å². The van der Waals surface area contributed by atoms with E-state index in [4.69, 9.17) is 18.0 Å². The first-order chi connectivity index (χ1) is 9.49. The number of anilines is 1. The minimum atomic E-state index is 0.0307. The van der Waals surface area contributed by atoms with Crippen LogP contribution in [-0.2, 0) is 0 Å². The zero-order valence-electron chi connectivity index (χ0n) is 12.2. The van der Waals surface area contributed by atoms with Gasteiger partial charge in [-0.15, -0.1) is 0 Å². The Bertz CT molecular complexity index is 633. The van der Waals surface area contributed by atoms with Crippen LogP contribution in [-0.4, -0.2) is 15.5 Å². The van der Waals surface area contributed by atoms with Gasteiger partial charge in [0, 0.05) is 16.5 Å². The molecule has 2 rings (SSSR count). The summed E-state index contributed by atoms with van der Waals surface area (Å²) in [6.45, 7) is 6.54. The normalized spacial score (nSPS) is 11.6. The molecule has 0 unspecified atom stereocenters. The smallest absolute Gasteiger partial charge is 0.127 e. The molecule has 1 heterocycles. The van der Waals surface area contributed by atoms with Crippen LogP contribution >= 0.6 is 12.2 Å². The van der Waals surface area contributed by atoms with Crippen molar-refractivity contribution in [3.05, 3.63) is 35.9 Å². The third-order valence-corrected chi connectivity index (χ3v) is 4.19. The maximum atomic E-state index is 5.85. The van der Waals surface area contributed by atoms with E-state index in [0.29, 0.717) is 4.99 Å². The molecular weight excluding hydrogens is 266 g/mol. The van der Waals surface area contributed by atoms with Crippen LogP contribution in [0.1, 0.15) is 39.2 Å². The number of hydrogen-bond acceptors (Lipinski definition) is 3. The molecule has 0 saturated carbocycles. The van der Waals surface area contributed by atoms with Crippen LogP contribution in [0.5, 0.6) is 0 Å². The maximum absolute atomic E-state index is 5.85. The van der Waals surface area contributed by atoms with E-state index in [2.05, 4.69) is 31.1 Å². The molecule has 0 spiro atoms. The number of aromatic nitrogens is 1. The summed E-state index contributed by atoms with van der Waals surface area (Å²) < 4.78 is 0. The molecule has 106 valence electrons. The number of para-hydroxylation sites is 1. The minimum absolute atomic E-state index is 0.0307. The molecule has 0 radical (unpaired) electrons. The maximum Gasteiger partial charge on any atom is 0.127 e. The highest BCUT2D eigenvalue weighted by molar-refractivity contribution is 7.80. The monoisotopic (exact) mass is 287 g/mol. The summed E-state index contributed by atoms with van der Waals surface area (Å²) in [4.78, 5) is 5.08. The Morgan fingerprint density at radius 3 is 2.55 bits per heavy atom. The molecule has 20 heavy (non-hydrogen) atoms. The average Bonchev–Trinajstić information content (AvgIpc) is 2.46. The van der Waals surface area contributed by atoms with Crippen molar-refractivity contribution in [1.82, 2.24) is 4.98 Å². The van der Waals surface area contributed by atoms with E-state index in [1.807, 2.05) is 30.3 Å². The van der Waals surface area contributed by atoms with E-state index >= 15 is 0 Å². The second kappa shape index (κ2) is 5.75. The predicted octanol–water partition coefficient (Wildman–Crippen LogP) is 3.86. The Labute approximate surface area is 125 Å². The van der Waals surface area contributed by atoms with Crippen molar-refractivity contribution < 1.29 is 0 Å². The zero-order chi connectivity index (χ0) is 14.8. The molecule has 4 heteroatoms. The Balaban J connectivity index is 2.53. The van der Waals surface area contributed by atoms with Crippen LogP contribution in [0.25, 0.3) is 10.9 Å². The Morgan fingerprint density at radius 1 is 1.30 bits per heavy atom. The molecule has 2 aromatic rings. The lowest BCUT2D eigenvalue weighted by Crippen LogP contribution is -2.33. The number of thiocarbonyl (C=S) groups is 1. The molecule has 3 nitrogen and oxygen atoms in total. The highest BCUT2D eigenvalue weighted by atomic mass is 32.1. The number of nitrogens with one attached hydrogen (secondary N) is 1. The quantitative estimate of drug-likeness (QED) is 0.820. The summed E-state index contributed by atoms with van der Waals surface area (Å²) >= 11 is 5.17. The van der Waals surface area contributed by atoms with Crippen molar-refractivity contribution in [3.63, 3.8) is 0 Å². The number of rotatable bonds is 5. The first-order valence-electron chi connectivity index (χ1n) is 6.97. The van der Waals surface area contributed by atoms with E-state index in [1.54, 1.807) is 0 Å². The number of nitrogens with two attached hydrogens (primary N) is 1. The fraction of sp³-hybridized carbons (Fsp3) is 0.375. The van der Waals surface area contributed by atoms with Crippen LogP contribution in [0.4, 0.5) is 5.82 Å². The lowest BCUT2D eigenvalue weighted by molar-refractivity contribution is 0.477. The summed E-state index contributed by atoms with van der Waals surface area (Å²) in [5.41, 5.74) is 7.67. The third-order valence-electron chi connectivity index (χ3n) is 3.97. The first kappa shape index (κ1) is 14.7. The second-order valence-corrected chi connectivity index (χ2v) is 5.77. The van der Waals surface area contributed by atoms with Gasteiger partial charge in [-0.3, -0.25) is 0 Å². The topological polar surface area (TPSA) is 50.9 Å². The first-order valence-corrected chi connectivity index (χ1v) is 7.37. The van der Waals surface area contributed by atoms with Crippen LogP contribution in [0.2, 0.25) is 0 Å². The van der Waals surface area contributed by atoms with E-state index in [0.717, 1.165) is 35.1 Å². The zero-order valence-corrected chi connectivity index (χ0v) is 13.1. The van der Waals surface area contributed by atoms with Gasteiger partial charge in [0.05, 0.1) is 5.52 Å². The van der Waals surface area contributed by atoms with E-state index in [9.17, 15) is 0 Å². The largest absolute Gasteiger partial charge is 0.389 e. The number of fused-ring (bicyclic) bond motifs is 1. The van der Waals surface area contributed by atoms with E-state index < -0.39 is 0 Å². The van der Waals surface area contributed by atoms with Gasteiger partial charge in [0.25, 0.3) is 0 Å². The lowest BCUT2D eigenvalue weighted by Gasteiger charge is -2.29. The van der Waals surface area contributed by atoms with Crippen LogP contribution in [0, 0.1) is 0 Å². The number of nitrogens with zero attached hydrogens (tertiary/aromatic N) is 1. The van der Waals surface area contributed by atoms with E-state index in [-0.39, 0.29) is 5.54 Å². The van der Waals surface area contributed by atoms with Gasteiger partial charge in [0.2, 0.25) is 0 Å². The highest BCUT2D eigenvalue weighted by Gasteiger charge is 2.20. The highest BCUT2D eigenvalue weighted by Crippen LogP contribution is 2.25. The summed E-state index contributed by atoms with van der Waals surface area (Å²) in [6.07, 6.45) is 2.06. The van der Waals surface area contributed by atoms with Gasteiger partial charge in [0.15, 0.2) is 0 Å². The van der Waals surface area contributed by atoms with Crippen molar-refractivity contribution in [3.8, 4) is 0 Å². The molecule has 0 aliphatic heterocycles. The summed E-state index contributed by atoms with van der Waals surface area (Å²) in [5.74, 6) is 0.831. The molecule has 3 N–H and O–H groups in total. The van der Waals surface area contributed by atoms with Gasteiger partial charge in [-0.2, -0.15) is 0 Å². The Kier molecular flexibility index (Phi) is 4.23. The second-order valence-electron chi connectivity index (χ2n) is 5.33. The third kappa shape index (κ3) is 2.90. The SMILES string of the molecule is CCC(C)(CC)Nc1cc(C(N)=S)c2ccccc2n1. The van der Waals surface area contributed by atoms with Crippen molar-refractivity contribution >= 4 is 33.9 Å². The number of pyridine rings is 1. The van der Waals surface area contributed by atoms with Gasteiger partial charge >= 0.3 is 0 Å². The standard InChI is InChI=1S/C16H21N3S/c1-4-16(3,5-2)19-14-10-12(15(17)20)11-8-6-7-9-13(11)18-14/h6-10H,4-5H2,1-3H3,(H2,17,20)(H,18,19). The molecule has 0 amide bonds. The molecule has 0 bridgehead atoms. The molecule has 0 atom stereocenters. The summed E-state index contributed by atoms with van der Waals surface area (Å²) in [7, 11) is 0.